The highest BCUT2D eigenvalue weighted by molar-refractivity contribution is 6.00. The van der Waals surface area contributed by atoms with Crippen LogP contribution in [0.4, 0.5) is 32.0 Å². The first-order chi connectivity index (χ1) is 29.2. The number of methoxy groups -OCH3 is 1. The smallest absolute Gasteiger partial charge is 0.416 e. The Kier molecular flexibility index (Phi) is 9.46. The Hall–Kier alpha value is -7.67. The van der Waals surface area contributed by atoms with Gasteiger partial charge < -0.3 is 20.4 Å². The minimum absolute atomic E-state index is 0.315. The van der Waals surface area contributed by atoms with Crippen LogP contribution in [-0.4, -0.2) is 33.0 Å². The topological polar surface area (TPSA) is 110 Å². The predicted molar refractivity (Wildman–Crippen MR) is 226 cm³/mol. The second-order valence-electron chi connectivity index (χ2n) is 14.3. The molecule has 4 N–H and O–H groups in total. The summed E-state index contributed by atoms with van der Waals surface area (Å²) in [7, 11) is 1.28. The Morgan fingerprint density at radius 3 is 1.07 bits per heavy atom. The molecule has 4 aromatic carbocycles. The van der Waals surface area contributed by atoms with Gasteiger partial charge in [-0.3, -0.25) is 0 Å². The maximum Gasteiger partial charge on any atom is 0.416 e. The number of rotatable bonds is 5. The average molecular weight is 824 g/mol. The van der Waals surface area contributed by atoms with Crippen LogP contribution in [0.1, 0.15) is 44.3 Å². The van der Waals surface area contributed by atoms with Gasteiger partial charge in [0.25, 0.3) is 0 Å². The van der Waals surface area contributed by atoms with Crippen molar-refractivity contribution in [3.8, 4) is 44.5 Å². The number of fused-ring (bicyclic) bond motifs is 8. The van der Waals surface area contributed by atoms with E-state index in [-0.39, 0.29) is 0 Å². The lowest BCUT2D eigenvalue weighted by molar-refractivity contribution is -0.138. The number of aromatic amines is 2. The van der Waals surface area contributed by atoms with E-state index in [9.17, 15) is 31.1 Å². The van der Waals surface area contributed by atoms with Gasteiger partial charge in [-0.15, -0.1) is 0 Å². The molecular weight excluding hydrogens is 793 g/mol. The van der Waals surface area contributed by atoms with Crippen molar-refractivity contribution in [2.45, 2.75) is 12.4 Å². The molecule has 3 aromatic heterocycles. The Labute approximate surface area is 343 Å². The maximum absolute atomic E-state index is 13.8. The number of esters is 1. The number of anilines is 1. The normalized spacial score (nSPS) is 12.5. The third-order valence-electron chi connectivity index (χ3n) is 10.5. The van der Waals surface area contributed by atoms with E-state index < -0.39 is 29.4 Å². The van der Waals surface area contributed by atoms with Crippen LogP contribution in [0.15, 0.2) is 121 Å². The van der Waals surface area contributed by atoms with Gasteiger partial charge in [0.2, 0.25) is 0 Å². The Morgan fingerprint density at radius 1 is 0.475 bits per heavy atom. The number of hydrogen-bond acceptors (Lipinski definition) is 5. The number of aromatic nitrogens is 4. The van der Waals surface area contributed by atoms with E-state index in [1.165, 1.54) is 31.4 Å². The van der Waals surface area contributed by atoms with Crippen LogP contribution in [0.25, 0.3) is 90.9 Å². The molecule has 7 aromatic rings. The van der Waals surface area contributed by atoms with Gasteiger partial charge in [0.1, 0.15) is 0 Å². The first-order valence-electron chi connectivity index (χ1n) is 18.8. The van der Waals surface area contributed by atoms with Crippen molar-refractivity contribution in [2.75, 3.05) is 12.8 Å². The third kappa shape index (κ3) is 7.35. The molecule has 13 heteroatoms. The molecule has 5 heterocycles. The molecule has 2 aliphatic heterocycles. The number of benzene rings is 4. The Balaban J connectivity index is 1.42. The van der Waals surface area contributed by atoms with Crippen molar-refractivity contribution < 1.29 is 35.9 Å². The van der Waals surface area contributed by atoms with Crippen molar-refractivity contribution in [3.05, 3.63) is 161 Å². The van der Waals surface area contributed by atoms with Gasteiger partial charge in [-0.05, 0) is 119 Å². The van der Waals surface area contributed by atoms with Crippen molar-refractivity contribution in [3.63, 3.8) is 0 Å². The highest BCUT2D eigenvalue weighted by Crippen LogP contribution is 2.40. The fraction of sp³-hybridized carbons (Fsp3) is 0.0625. The van der Waals surface area contributed by atoms with Crippen LogP contribution in [0.5, 0.6) is 0 Å². The fourth-order valence-electron chi connectivity index (χ4n) is 7.61. The van der Waals surface area contributed by atoms with Gasteiger partial charge in [-0.25, -0.2) is 14.8 Å². The highest BCUT2D eigenvalue weighted by Gasteiger charge is 2.31. The second kappa shape index (κ2) is 14.9. The molecule has 8 bridgehead atoms. The van der Waals surface area contributed by atoms with Crippen LogP contribution in [0.2, 0.25) is 0 Å². The number of hydrogen-bond donors (Lipinski definition) is 3. The lowest BCUT2D eigenvalue weighted by atomic mass is 10.0. The second-order valence-corrected chi connectivity index (χ2v) is 14.3. The van der Waals surface area contributed by atoms with E-state index in [0.29, 0.717) is 95.0 Å². The molecule has 9 rings (SSSR count). The molecule has 61 heavy (non-hydrogen) atoms. The van der Waals surface area contributed by atoms with Crippen molar-refractivity contribution in [1.82, 2.24) is 19.9 Å². The zero-order valence-electron chi connectivity index (χ0n) is 31.9. The number of nitrogens with zero attached hydrogens (tertiary/aromatic N) is 2. The molecule has 0 unspecified atom stereocenters. The van der Waals surface area contributed by atoms with E-state index in [1.807, 2.05) is 42.5 Å². The van der Waals surface area contributed by atoms with E-state index in [2.05, 4.69) is 9.97 Å². The number of nitrogens with one attached hydrogen (secondary N) is 2. The maximum atomic E-state index is 13.8. The fourth-order valence-corrected chi connectivity index (χ4v) is 7.61. The van der Waals surface area contributed by atoms with Gasteiger partial charge in [-0.2, -0.15) is 26.3 Å². The van der Waals surface area contributed by atoms with Crippen molar-refractivity contribution in [2.24, 2.45) is 0 Å². The van der Waals surface area contributed by atoms with Crippen LogP contribution in [-0.2, 0) is 17.1 Å². The first-order valence-corrected chi connectivity index (χ1v) is 18.8. The number of nitrogen functional groups attached to an aromatic ring is 1. The lowest BCUT2D eigenvalue weighted by Gasteiger charge is -2.09. The largest absolute Gasteiger partial charge is 0.465 e. The zero-order chi connectivity index (χ0) is 42.6. The molecule has 0 saturated heterocycles. The molecule has 0 aliphatic carbocycles. The summed E-state index contributed by atoms with van der Waals surface area (Å²) in [6.45, 7) is 0. The monoisotopic (exact) mass is 823 g/mol. The summed E-state index contributed by atoms with van der Waals surface area (Å²) in [6, 6.07) is 31.0. The summed E-state index contributed by atoms with van der Waals surface area (Å²) in [5.74, 6) is -0.527. The summed E-state index contributed by atoms with van der Waals surface area (Å²) in [4.78, 5) is 29.6. The molecule has 0 spiro atoms. The molecule has 0 saturated carbocycles. The van der Waals surface area contributed by atoms with Crippen LogP contribution >= 0.6 is 0 Å². The minimum Gasteiger partial charge on any atom is -0.465 e. The van der Waals surface area contributed by atoms with E-state index in [1.54, 1.807) is 54.6 Å². The van der Waals surface area contributed by atoms with E-state index in [0.717, 1.165) is 29.8 Å². The number of halogens is 6. The molecule has 2 aliphatic rings. The van der Waals surface area contributed by atoms with Crippen LogP contribution in [0, 0.1) is 0 Å². The lowest BCUT2D eigenvalue weighted by Crippen LogP contribution is -2.04. The first kappa shape index (κ1) is 38.8. The standard InChI is InChI=1S/C48H31F6N5O2/c1-61-46(60)30-4-2-26(3-5-30)42-34-18-20-36(56-34)43(27-6-12-31(13-7-27)47(49,50)51)38-22-24-40(58-38)45(29-10-16-33(55)17-11-29)41-25-23-39(59-41)44(37-21-19-35(42)57-37)28-8-14-32(15-9-28)48(52,53)54/h2-25,56,59H,55H2,1H3. The molecule has 0 radical (unpaired) electrons. The van der Waals surface area contributed by atoms with Gasteiger partial charge in [0.05, 0.1) is 46.6 Å². The Morgan fingerprint density at radius 2 is 0.770 bits per heavy atom. The summed E-state index contributed by atoms with van der Waals surface area (Å²) in [6.07, 6.45) is -1.91. The minimum atomic E-state index is -4.55. The number of ether oxygens (including phenoxy) is 1. The third-order valence-corrected chi connectivity index (χ3v) is 10.5. The summed E-state index contributed by atoms with van der Waals surface area (Å²) >= 11 is 0. The number of nitrogens with two attached hydrogens (primary N) is 1. The number of carbonyl (C=O) groups is 1. The summed E-state index contributed by atoms with van der Waals surface area (Å²) < 4.78 is 87.4. The Bertz CT molecular complexity index is 3030. The molecule has 302 valence electrons. The molecule has 7 nitrogen and oxygen atoms in total. The molecule has 0 amide bonds. The highest BCUT2D eigenvalue weighted by atomic mass is 19.4. The van der Waals surface area contributed by atoms with Crippen molar-refractivity contribution >= 4 is 58.0 Å². The van der Waals surface area contributed by atoms with Gasteiger partial charge >= 0.3 is 18.3 Å². The van der Waals surface area contributed by atoms with Gasteiger partial charge in [-0.1, -0.05) is 48.5 Å². The summed E-state index contributed by atoms with van der Waals surface area (Å²) in [5.41, 5.74) is 14.2. The van der Waals surface area contributed by atoms with Gasteiger partial charge in [0, 0.05) is 50.0 Å². The quantitative estimate of drug-likeness (QED) is 0.0910. The van der Waals surface area contributed by atoms with Crippen LogP contribution < -0.4 is 5.73 Å². The van der Waals surface area contributed by atoms with Gasteiger partial charge in [0.15, 0.2) is 0 Å². The molecular formula is C48H31F6N5O2. The van der Waals surface area contributed by atoms with E-state index >= 15 is 0 Å². The summed E-state index contributed by atoms with van der Waals surface area (Å²) in [5, 5.41) is 0. The molecule has 0 atom stereocenters. The number of carbonyl (C=O) groups excluding carboxylic acids is 1. The van der Waals surface area contributed by atoms with Crippen molar-refractivity contribution in [1.29, 1.82) is 0 Å². The number of H-pyrrole nitrogens is 2. The average Bonchev–Trinajstić information content (AvgIpc) is 4.09. The van der Waals surface area contributed by atoms with E-state index in [4.69, 9.17) is 20.4 Å². The molecule has 0 fully saturated rings. The predicted octanol–water partition coefficient (Wildman–Crippen LogP) is 12.7. The SMILES string of the molecule is COC(=O)c1ccc(-c2c3nc(c(-c4ccc(C(F)(F)F)cc4)c4ccc([nH]4)c(-c4ccc(N)cc4)c4nc(c(-c5ccc(C(F)(F)F)cc5)c5ccc2[nH]5)C=C4)C=C3)cc1. The van der Waals surface area contributed by atoms with Crippen LogP contribution in [0.3, 0.4) is 0 Å². The number of alkyl halides is 6. The zero-order valence-corrected chi connectivity index (χ0v) is 31.9.